The molecule has 19 heavy (non-hydrogen) atoms. The Kier molecular flexibility index (Phi) is 4.59. The topological polar surface area (TPSA) is 77.0 Å². The van der Waals surface area contributed by atoms with Crippen molar-refractivity contribution in [1.82, 2.24) is 5.32 Å². The van der Waals surface area contributed by atoms with Crippen molar-refractivity contribution in [2.75, 3.05) is 33.5 Å². The highest BCUT2D eigenvalue weighted by atomic mass is 16.6. The van der Waals surface area contributed by atoms with Crippen molar-refractivity contribution in [2.24, 2.45) is 0 Å². The van der Waals surface area contributed by atoms with Crippen molar-refractivity contribution in [1.29, 1.82) is 0 Å². The van der Waals surface area contributed by atoms with Crippen molar-refractivity contribution in [3.8, 4) is 11.5 Å². The van der Waals surface area contributed by atoms with E-state index in [4.69, 9.17) is 14.2 Å². The van der Waals surface area contributed by atoms with Gasteiger partial charge < -0.3 is 24.6 Å². The van der Waals surface area contributed by atoms with Crippen molar-refractivity contribution in [3.63, 3.8) is 0 Å². The Balaban J connectivity index is 1.95. The molecule has 0 radical (unpaired) electrons. The predicted molar refractivity (Wildman–Crippen MR) is 67.6 cm³/mol. The number of carbonyl (C=O) groups excluding carboxylic acids is 1. The highest BCUT2D eigenvalue weighted by Crippen LogP contribution is 2.29. The molecule has 1 aromatic carbocycles. The van der Waals surface area contributed by atoms with Gasteiger partial charge >= 0.3 is 0 Å². The van der Waals surface area contributed by atoms with Crippen LogP contribution < -0.4 is 10.1 Å². The van der Waals surface area contributed by atoms with Crippen LogP contribution in [0.3, 0.4) is 0 Å². The summed E-state index contributed by atoms with van der Waals surface area (Å²) >= 11 is 0. The second kappa shape index (κ2) is 6.40. The van der Waals surface area contributed by atoms with Crippen molar-refractivity contribution in [3.05, 3.63) is 23.8 Å². The number of rotatable bonds is 4. The third-order valence-electron chi connectivity index (χ3n) is 2.84. The van der Waals surface area contributed by atoms with Gasteiger partial charge in [0.05, 0.1) is 38.6 Å². The van der Waals surface area contributed by atoms with Crippen LogP contribution in [-0.4, -0.2) is 50.6 Å². The lowest BCUT2D eigenvalue weighted by molar-refractivity contribution is -0.0855. The number of phenolic OH excluding ortho intramolecular Hbond substituents is 1. The average Bonchev–Trinajstić information content (AvgIpc) is 2.46. The minimum absolute atomic E-state index is 0.148. The Bertz CT molecular complexity index is 443. The Morgan fingerprint density at radius 1 is 1.53 bits per heavy atom. The number of para-hydroxylation sites is 1. The molecule has 1 saturated heterocycles. The summed E-state index contributed by atoms with van der Waals surface area (Å²) in [5, 5.41) is 12.6. The van der Waals surface area contributed by atoms with E-state index in [9.17, 15) is 9.90 Å². The van der Waals surface area contributed by atoms with Crippen LogP contribution in [0.4, 0.5) is 0 Å². The molecule has 1 atom stereocenters. The van der Waals surface area contributed by atoms with Gasteiger partial charge in [-0.25, -0.2) is 0 Å². The summed E-state index contributed by atoms with van der Waals surface area (Å²) in [5.41, 5.74) is 0.177. The first-order valence-electron chi connectivity index (χ1n) is 6.06. The fourth-order valence-corrected chi connectivity index (χ4v) is 1.83. The molecule has 2 rings (SSSR count). The number of methoxy groups -OCH3 is 1. The molecule has 1 unspecified atom stereocenters. The molecule has 0 spiro atoms. The molecular formula is C13H17NO5. The van der Waals surface area contributed by atoms with Crippen LogP contribution in [0.2, 0.25) is 0 Å². The number of amides is 1. The number of aromatic hydroxyl groups is 1. The van der Waals surface area contributed by atoms with Crippen LogP contribution in [0.25, 0.3) is 0 Å². The molecule has 2 N–H and O–H groups in total. The van der Waals surface area contributed by atoms with Gasteiger partial charge in [-0.1, -0.05) is 6.07 Å². The van der Waals surface area contributed by atoms with Crippen LogP contribution in [0.15, 0.2) is 18.2 Å². The Hall–Kier alpha value is -1.79. The third-order valence-corrected chi connectivity index (χ3v) is 2.84. The highest BCUT2D eigenvalue weighted by molar-refractivity contribution is 5.97. The maximum absolute atomic E-state index is 12.0. The zero-order valence-corrected chi connectivity index (χ0v) is 10.7. The van der Waals surface area contributed by atoms with Gasteiger partial charge in [0.25, 0.3) is 5.91 Å². The van der Waals surface area contributed by atoms with E-state index in [0.717, 1.165) is 0 Å². The lowest BCUT2D eigenvalue weighted by atomic mass is 10.1. The molecule has 104 valence electrons. The van der Waals surface area contributed by atoms with E-state index >= 15 is 0 Å². The van der Waals surface area contributed by atoms with E-state index in [0.29, 0.717) is 26.4 Å². The van der Waals surface area contributed by atoms with Crippen LogP contribution in [0.5, 0.6) is 11.5 Å². The van der Waals surface area contributed by atoms with Gasteiger partial charge in [-0.15, -0.1) is 0 Å². The molecule has 1 fully saturated rings. The number of ether oxygens (including phenoxy) is 3. The summed E-state index contributed by atoms with van der Waals surface area (Å²) in [6, 6.07) is 4.77. The molecule has 0 aromatic heterocycles. The van der Waals surface area contributed by atoms with Crippen LogP contribution >= 0.6 is 0 Å². The standard InChI is InChI=1S/C13H17NO5/c1-17-11-4-2-3-10(12(11)15)13(16)14-7-9-8-18-5-6-19-9/h2-4,9,15H,5-8H2,1H3,(H,14,16). The largest absolute Gasteiger partial charge is 0.504 e. The Labute approximate surface area is 111 Å². The molecule has 6 nitrogen and oxygen atoms in total. The summed E-state index contributed by atoms with van der Waals surface area (Å²) in [6.07, 6.45) is -0.148. The van der Waals surface area contributed by atoms with Gasteiger partial charge in [0, 0.05) is 6.54 Å². The van der Waals surface area contributed by atoms with E-state index in [1.807, 2.05) is 0 Å². The number of hydrogen-bond acceptors (Lipinski definition) is 5. The summed E-state index contributed by atoms with van der Waals surface area (Å²) < 4.78 is 15.6. The van der Waals surface area contributed by atoms with Gasteiger partial charge in [0.15, 0.2) is 11.5 Å². The molecule has 1 aromatic rings. The molecule has 1 aliphatic rings. The summed E-state index contributed by atoms with van der Waals surface area (Å²) in [6.45, 7) is 1.92. The lowest BCUT2D eigenvalue weighted by Crippen LogP contribution is -2.39. The molecule has 6 heteroatoms. The normalized spacial score (nSPS) is 18.9. The first kappa shape index (κ1) is 13.6. The molecule has 1 aliphatic heterocycles. The van der Waals surface area contributed by atoms with Crippen LogP contribution in [0, 0.1) is 0 Å². The number of carbonyl (C=O) groups is 1. The predicted octanol–water partition coefficient (Wildman–Crippen LogP) is 0.546. The van der Waals surface area contributed by atoms with Crippen molar-refractivity contribution < 1.29 is 24.1 Å². The first-order valence-corrected chi connectivity index (χ1v) is 6.06. The van der Waals surface area contributed by atoms with E-state index < -0.39 is 0 Å². The molecule has 1 heterocycles. The monoisotopic (exact) mass is 267 g/mol. The molecular weight excluding hydrogens is 250 g/mol. The van der Waals surface area contributed by atoms with Crippen LogP contribution in [-0.2, 0) is 9.47 Å². The van der Waals surface area contributed by atoms with Gasteiger partial charge in [-0.3, -0.25) is 4.79 Å². The highest BCUT2D eigenvalue weighted by Gasteiger charge is 2.18. The quantitative estimate of drug-likeness (QED) is 0.833. The Morgan fingerprint density at radius 2 is 2.37 bits per heavy atom. The fraction of sp³-hybridized carbons (Fsp3) is 0.462. The summed E-state index contributed by atoms with van der Waals surface area (Å²) in [7, 11) is 1.43. The fourth-order valence-electron chi connectivity index (χ4n) is 1.83. The minimum atomic E-state index is -0.370. The van der Waals surface area contributed by atoms with Gasteiger partial charge in [-0.2, -0.15) is 0 Å². The van der Waals surface area contributed by atoms with E-state index in [2.05, 4.69) is 5.32 Å². The number of nitrogens with one attached hydrogen (secondary N) is 1. The van der Waals surface area contributed by atoms with Gasteiger partial charge in [0.2, 0.25) is 0 Å². The van der Waals surface area contributed by atoms with E-state index in [1.165, 1.54) is 13.2 Å². The summed E-state index contributed by atoms with van der Waals surface area (Å²) in [5.74, 6) is -0.265. The Morgan fingerprint density at radius 3 is 3.05 bits per heavy atom. The summed E-state index contributed by atoms with van der Waals surface area (Å²) in [4.78, 5) is 12.0. The van der Waals surface area contributed by atoms with E-state index in [1.54, 1.807) is 12.1 Å². The second-order valence-electron chi connectivity index (χ2n) is 4.13. The molecule has 0 bridgehead atoms. The smallest absolute Gasteiger partial charge is 0.255 e. The van der Waals surface area contributed by atoms with Crippen molar-refractivity contribution >= 4 is 5.91 Å². The maximum Gasteiger partial charge on any atom is 0.255 e. The lowest BCUT2D eigenvalue weighted by Gasteiger charge is -2.23. The number of phenols is 1. The van der Waals surface area contributed by atoms with Crippen molar-refractivity contribution in [2.45, 2.75) is 6.10 Å². The van der Waals surface area contributed by atoms with Crippen LogP contribution in [0.1, 0.15) is 10.4 Å². The van der Waals surface area contributed by atoms with Gasteiger partial charge in [-0.05, 0) is 12.1 Å². The maximum atomic E-state index is 12.0. The number of hydrogen-bond donors (Lipinski definition) is 2. The number of benzene rings is 1. The average molecular weight is 267 g/mol. The molecule has 1 amide bonds. The first-order chi connectivity index (χ1) is 9.22. The SMILES string of the molecule is COc1cccc(C(=O)NCC2COCCO2)c1O. The molecule has 0 aliphatic carbocycles. The minimum Gasteiger partial charge on any atom is -0.504 e. The van der Waals surface area contributed by atoms with E-state index in [-0.39, 0.29) is 29.1 Å². The molecule has 0 saturated carbocycles. The third kappa shape index (κ3) is 3.36. The van der Waals surface area contributed by atoms with Gasteiger partial charge in [0.1, 0.15) is 0 Å². The zero-order valence-electron chi connectivity index (χ0n) is 10.7. The second-order valence-corrected chi connectivity index (χ2v) is 4.13. The zero-order chi connectivity index (χ0) is 13.7.